The minimum absolute atomic E-state index is 0.0198. The fourth-order valence-electron chi connectivity index (χ4n) is 4.28. The number of nitrogens with zero attached hydrogens (tertiary/aromatic N) is 4. The molecular formula is C21H27N5O3. The molecule has 8 heteroatoms. The van der Waals surface area contributed by atoms with Gasteiger partial charge in [-0.3, -0.25) is 14.6 Å². The monoisotopic (exact) mass is 397 g/mol. The number of hydrogen-bond donors (Lipinski definition) is 1. The van der Waals surface area contributed by atoms with Gasteiger partial charge in [-0.25, -0.2) is 0 Å². The zero-order valence-electron chi connectivity index (χ0n) is 16.9. The van der Waals surface area contributed by atoms with Crippen LogP contribution in [0, 0.1) is 12.8 Å². The van der Waals surface area contributed by atoms with Gasteiger partial charge in [0, 0.05) is 56.6 Å². The molecule has 2 aliphatic rings. The Morgan fingerprint density at radius 1 is 1.28 bits per heavy atom. The van der Waals surface area contributed by atoms with Crippen molar-refractivity contribution in [3.8, 4) is 0 Å². The topological polar surface area (TPSA) is 91.6 Å². The first-order valence-corrected chi connectivity index (χ1v) is 10.1. The molecule has 0 unspecified atom stereocenters. The van der Waals surface area contributed by atoms with Gasteiger partial charge in [-0.15, -0.1) is 0 Å². The molecule has 0 aliphatic carbocycles. The van der Waals surface area contributed by atoms with E-state index in [9.17, 15) is 9.59 Å². The first-order valence-electron chi connectivity index (χ1n) is 10.1. The summed E-state index contributed by atoms with van der Waals surface area (Å²) in [5, 5.41) is 6.81. The Kier molecular flexibility index (Phi) is 5.62. The Morgan fingerprint density at radius 2 is 2.14 bits per heavy atom. The number of fused-ring (bicyclic) bond motifs is 1. The smallest absolute Gasteiger partial charge is 0.273 e. The molecule has 4 rings (SSSR count). The molecule has 1 fully saturated rings. The minimum Gasteiger partial charge on any atom is -0.361 e. The third kappa shape index (κ3) is 4.48. The van der Waals surface area contributed by atoms with Crippen molar-refractivity contribution in [2.24, 2.45) is 5.92 Å². The van der Waals surface area contributed by atoms with Crippen LogP contribution in [0.1, 0.15) is 40.3 Å². The van der Waals surface area contributed by atoms with Gasteiger partial charge in [0.15, 0.2) is 5.69 Å². The lowest BCUT2D eigenvalue weighted by molar-refractivity contribution is -0.137. The maximum absolute atomic E-state index is 13.2. The van der Waals surface area contributed by atoms with Crippen LogP contribution in [-0.2, 0) is 17.8 Å². The van der Waals surface area contributed by atoms with Crippen molar-refractivity contribution in [2.45, 2.75) is 38.8 Å². The summed E-state index contributed by atoms with van der Waals surface area (Å²) in [5.74, 6) is 0.516. The van der Waals surface area contributed by atoms with E-state index in [1.54, 1.807) is 13.0 Å². The Hall–Kier alpha value is -2.74. The highest BCUT2D eigenvalue weighted by molar-refractivity contribution is 5.92. The van der Waals surface area contributed by atoms with Crippen molar-refractivity contribution in [2.75, 3.05) is 26.7 Å². The summed E-state index contributed by atoms with van der Waals surface area (Å²) < 4.78 is 4.99. The molecule has 2 amide bonds. The fourth-order valence-corrected chi connectivity index (χ4v) is 4.28. The first-order chi connectivity index (χ1) is 14.0. The number of amides is 2. The number of hydrogen-bond acceptors (Lipinski definition) is 6. The number of pyridine rings is 1. The summed E-state index contributed by atoms with van der Waals surface area (Å²) in [6, 6.07) is 5.59. The van der Waals surface area contributed by atoms with Crippen LogP contribution in [0.15, 0.2) is 28.9 Å². The normalized spacial score (nSPS) is 22.6. The average Bonchev–Trinajstić information content (AvgIpc) is 3.07. The summed E-state index contributed by atoms with van der Waals surface area (Å²) in [4.78, 5) is 34.1. The second kappa shape index (κ2) is 8.32. The maximum Gasteiger partial charge on any atom is 0.273 e. The number of carbonyl (C=O) groups is 2. The molecule has 0 spiro atoms. The van der Waals surface area contributed by atoms with Crippen molar-refractivity contribution in [1.82, 2.24) is 25.3 Å². The van der Waals surface area contributed by atoms with E-state index in [0.717, 1.165) is 30.5 Å². The first kappa shape index (κ1) is 19.6. The number of likely N-dealkylation sites (N-methyl/N-ethyl adjacent to an activating group) is 1. The van der Waals surface area contributed by atoms with Crippen LogP contribution in [-0.4, -0.2) is 64.5 Å². The zero-order valence-corrected chi connectivity index (χ0v) is 16.9. The zero-order chi connectivity index (χ0) is 20.4. The maximum atomic E-state index is 13.2. The van der Waals surface area contributed by atoms with Gasteiger partial charge in [0.25, 0.3) is 5.91 Å². The standard InChI is InChI=1S/C21H27N5O3/c1-14-10-19(24-29-14)20(27)23-17-6-5-16(11-25(2)13-17)21(28)26-9-7-18-15(12-26)4-3-8-22-18/h3-4,8,10,16-17H,5-7,9,11-13H2,1-2H3,(H,23,27)/t16-,17+/m1/s1. The summed E-state index contributed by atoms with van der Waals surface area (Å²) in [5.41, 5.74) is 2.53. The third-order valence-corrected chi connectivity index (χ3v) is 5.75. The second-order valence-electron chi connectivity index (χ2n) is 8.11. The average molecular weight is 397 g/mol. The van der Waals surface area contributed by atoms with Crippen LogP contribution < -0.4 is 5.32 Å². The highest BCUT2D eigenvalue weighted by atomic mass is 16.5. The molecule has 154 valence electrons. The number of likely N-dealkylation sites (tertiary alicyclic amines) is 1. The largest absolute Gasteiger partial charge is 0.361 e. The van der Waals surface area contributed by atoms with Crippen molar-refractivity contribution >= 4 is 11.8 Å². The Morgan fingerprint density at radius 3 is 2.93 bits per heavy atom. The molecule has 2 aromatic heterocycles. The summed E-state index contributed by atoms with van der Waals surface area (Å²) in [6.45, 7) is 4.51. The second-order valence-corrected chi connectivity index (χ2v) is 8.11. The van der Waals surface area contributed by atoms with Crippen LogP contribution in [0.25, 0.3) is 0 Å². The molecule has 2 aromatic rings. The van der Waals surface area contributed by atoms with E-state index in [1.807, 2.05) is 24.2 Å². The predicted molar refractivity (Wildman–Crippen MR) is 106 cm³/mol. The van der Waals surface area contributed by atoms with E-state index in [1.165, 1.54) is 0 Å². The van der Waals surface area contributed by atoms with Crippen LogP contribution >= 0.6 is 0 Å². The number of nitrogens with one attached hydrogen (secondary N) is 1. The Balaban J connectivity index is 1.37. The Labute approximate surface area is 170 Å². The van der Waals surface area contributed by atoms with Crippen molar-refractivity contribution in [3.05, 3.63) is 47.1 Å². The van der Waals surface area contributed by atoms with Gasteiger partial charge in [-0.2, -0.15) is 0 Å². The van der Waals surface area contributed by atoms with E-state index in [2.05, 4.69) is 26.4 Å². The number of rotatable bonds is 3. The summed E-state index contributed by atoms with van der Waals surface area (Å²) >= 11 is 0. The highest BCUT2D eigenvalue weighted by Crippen LogP contribution is 2.23. The van der Waals surface area contributed by atoms with Gasteiger partial charge in [0.1, 0.15) is 5.76 Å². The molecule has 8 nitrogen and oxygen atoms in total. The van der Waals surface area contributed by atoms with E-state index >= 15 is 0 Å². The summed E-state index contributed by atoms with van der Waals surface area (Å²) in [6.07, 6.45) is 4.13. The van der Waals surface area contributed by atoms with Gasteiger partial charge < -0.3 is 19.6 Å². The lowest BCUT2D eigenvalue weighted by atomic mass is 9.98. The number of aromatic nitrogens is 2. The van der Waals surface area contributed by atoms with E-state index in [0.29, 0.717) is 37.6 Å². The molecule has 2 atom stereocenters. The molecule has 29 heavy (non-hydrogen) atoms. The van der Waals surface area contributed by atoms with Crippen molar-refractivity contribution in [1.29, 1.82) is 0 Å². The van der Waals surface area contributed by atoms with Crippen LogP contribution in [0.5, 0.6) is 0 Å². The highest BCUT2D eigenvalue weighted by Gasteiger charge is 2.32. The quantitative estimate of drug-likeness (QED) is 0.842. The van der Waals surface area contributed by atoms with E-state index in [-0.39, 0.29) is 23.8 Å². The molecule has 0 saturated carbocycles. The fraction of sp³-hybridized carbons (Fsp3) is 0.524. The van der Waals surface area contributed by atoms with Gasteiger partial charge in [0.2, 0.25) is 5.91 Å². The van der Waals surface area contributed by atoms with Crippen LogP contribution in [0.3, 0.4) is 0 Å². The molecule has 1 N–H and O–H groups in total. The molecule has 0 bridgehead atoms. The molecule has 1 saturated heterocycles. The lowest BCUT2D eigenvalue weighted by Crippen LogP contribution is -2.43. The van der Waals surface area contributed by atoms with Gasteiger partial charge in [-0.05, 0) is 38.4 Å². The SMILES string of the molecule is Cc1cc(C(=O)N[C@H]2CC[C@@H](C(=O)N3CCc4ncccc4C3)CN(C)C2)no1. The van der Waals surface area contributed by atoms with Gasteiger partial charge in [-0.1, -0.05) is 11.2 Å². The van der Waals surface area contributed by atoms with Gasteiger partial charge in [0.05, 0.1) is 5.92 Å². The number of carbonyl (C=O) groups excluding carboxylic acids is 2. The minimum atomic E-state index is -0.231. The van der Waals surface area contributed by atoms with Crippen LogP contribution in [0.4, 0.5) is 0 Å². The predicted octanol–water partition coefficient (Wildman–Crippen LogP) is 1.40. The van der Waals surface area contributed by atoms with Gasteiger partial charge >= 0.3 is 0 Å². The Bertz CT molecular complexity index is 896. The summed E-state index contributed by atoms with van der Waals surface area (Å²) in [7, 11) is 2.00. The van der Waals surface area contributed by atoms with Crippen LogP contribution in [0.2, 0.25) is 0 Å². The van der Waals surface area contributed by atoms with E-state index < -0.39 is 0 Å². The third-order valence-electron chi connectivity index (χ3n) is 5.75. The lowest BCUT2D eigenvalue weighted by Gasteiger charge is -2.31. The molecule has 2 aliphatic heterocycles. The van der Waals surface area contributed by atoms with Crippen molar-refractivity contribution < 1.29 is 14.1 Å². The molecular weight excluding hydrogens is 370 g/mol. The van der Waals surface area contributed by atoms with E-state index in [4.69, 9.17) is 4.52 Å². The van der Waals surface area contributed by atoms with Crippen molar-refractivity contribution in [3.63, 3.8) is 0 Å². The molecule has 0 radical (unpaired) electrons. The molecule has 0 aromatic carbocycles. The number of aryl methyl sites for hydroxylation is 1. The molecule has 4 heterocycles.